The Morgan fingerprint density at radius 2 is 2.29 bits per heavy atom. The van der Waals surface area contributed by atoms with Crippen LogP contribution in [0.2, 0.25) is 0 Å². The molecule has 1 aliphatic rings. The number of hydrogen-bond donors (Lipinski definition) is 2. The van der Waals surface area contributed by atoms with Gasteiger partial charge in [0, 0.05) is 12.7 Å². The molecule has 3 rings (SSSR count). The molecule has 90 valence electrons. The number of anilines is 1. The minimum absolute atomic E-state index is 0.0986. The molecule has 0 aliphatic heterocycles. The summed E-state index contributed by atoms with van der Waals surface area (Å²) in [6.45, 7) is 2.87. The van der Waals surface area contributed by atoms with Gasteiger partial charge in [0.25, 0.3) is 0 Å². The van der Waals surface area contributed by atoms with Crippen molar-refractivity contribution >= 4 is 11.6 Å². The monoisotopic (exact) mass is 232 g/mol. The Kier molecular flexibility index (Phi) is 2.48. The molecule has 2 aromatic heterocycles. The molecule has 2 heterocycles. The third kappa shape index (κ3) is 2.10. The Morgan fingerprint density at radius 3 is 3.06 bits per heavy atom. The van der Waals surface area contributed by atoms with Gasteiger partial charge in [-0.15, -0.1) is 5.10 Å². The van der Waals surface area contributed by atoms with Crippen LogP contribution in [0.4, 0.5) is 5.95 Å². The summed E-state index contributed by atoms with van der Waals surface area (Å²) in [6.07, 6.45) is 3.64. The number of pyridine rings is 1. The summed E-state index contributed by atoms with van der Waals surface area (Å²) in [5.41, 5.74) is 2.02. The van der Waals surface area contributed by atoms with Gasteiger partial charge in [-0.2, -0.15) is 4.98 Å². The van der Waals surface area contributed by atoms with Crippen molar-refractivity contribution < 1.29 is 5.11 Å². The third-order valence-corrected chi connectivity index (χ3v) is 3.24. The van der Waals surface area contributed by atoms with Gasteiger partial charge < -0.3 is 10.4 Å². The van der Waals surface area contributed by atoms with Crippen molar-refractivity contribution in [1.29, 1.82) is 0 Å². The molecule has 17 heavy (non-hydrogen) atoms. The number of rotatable bonds is 3. The van der Waals surface area contributed by atoms with E-state index in [1.807, 2.05) is 25.3 Å². The predicted molar refractivity (Wildman–Crippen MR) is 64.9 cm³/mol. The number of hydrogen-bond acceptors (Lipinski definition) is 4. The molecule has 1 aliphatic carbocycles. The van der Waals surface area contributed by atoms with Gasteiger partial charge in [-0.05, 0) is 37.3 Å². The van der Waals surface area contributed by atoms with E-state index in [1.165, 1.54) is 0 Å². The second-order valence-corrected chi connectivity index (χ2v) is 4.82. The smallest absolute Gasteiger partial charge is 0.243 e. The van der Waals surface area contributed by atoms with Crippen molar-refractivity contribution in [3.63, 3.8) is 0 Å². The average Bonchev–Trinajstić information content (AvgIpc) is 2.64. The van der Waals surface area contributed by atoms with Crippen molar-refractivity contribution in [2.75, 3.05) is 11.9 Å². The highest BCUT2D eigenvalue weighted by Gasteiger charge is 2.26. The van der Waals surface area contributed by atoms with E-state index in [0.29, 0.717) is 11.9 Å². The zero-order valence-electron chi connectivity index (χ0n) is 9.80. The minimum atomic E-state index is -0.0986. The van der Waals surface area contributed by atoms with Gasteiger partial charge in [-0.3, -0.25) is 0 Å². The van der Waals surface area contributed by atoms with Crippen LogP contribution in [-0.2, 0) is 0 Å². The summed E-state index contributed by atoms with van der Waals surface area (Å²) in [6, 6.07) is 3.98. The Morgan fingerprint density at radius 1 is 1.47 bits per heavy atom. The van der Waals surface area contributed by atoms with Gasteiger partial charge in [-0.1, -0.05) is 6.07 Å². The van der Waals surface area contributed by atoms with Crippen LogP contribution < -0.4 is 5.32 Å². The van der Waals surface area contributed by atoms with Gasteiger partial charge in [0.15, 0.2) is 5.65 Å². The van der Waals surface area contributed by atoms with E-state index < -0.39 is 0 Å². The van der Waals surface area contributed by atoms with Crippen LogP contribution in [0.25, 0.3) is 5.65 Å². The van der Waals surface area contributed by atoms with E-state index in [1.54, 1.807) is 4.52 Å². The molecule has 2 aromatic rings. The largest absolute Gasteiger partial charge is 0.393 e. The van der Waals surface area contributed by atoms with Crippen LogP contribution >= 0.6 is 0 Å². The summed E-state index contributed by atoms with van der Waals surface area (Å²) in [5, 5.41) is 16.8. The Hall–Kier alpha value is -1.62. The van der Waals surface area contributed by atoms with Crippen LogP contribution in [0.5, 0.6) is 0 Å². The van der Waals surface area contributed by atoms with Crippen LogP contribution in [0.3, 0.4) is 0 Å². The van der Waals surface area contributed by atoms with E-state index in [-0.39, 0.29) is 6.10 Å². The minimum Gasteiger partial charge on any atom is -0.393 e. The molecule has 0 aromatic carbocycles. The van der Waals surface area contributed by atoms with E-state index in [4.69, 9.17) is 0 Å². The molecule has 0 atom stereocenters. The molecule has 0 radical (unpaired) electrons. The van der Waals surface area contributed by atoms with E-state index >= 15 is 0 Å². The van der Waals surface area contributed by atoms with Gasteiger partial charge in [0.1, 0.15) is 0 Å². The molecule has 5 nitrogen and oxygen atoms in total. The fourth-order valence-corrected chi connectivity index (χ4v) is 2.16. The molecule has 0 bridgehead atoms. The van der Waals surface area contributed by atoms with Gasteiger partial charge in [0.05, 0.1) is 6.10 Å². The fourth-order valence-electron chi connectivity index (χ4n) is 2.16. The summed E-state index contributed by atoms with van der Waals surface area (Å²) < 4.78 is 1.79. The predicted octanol–water partition coefficient (Wildman–Crippen LogP) is 1.22. The maximum absolute atomic E-state index is 9.20. The van der Waals surface area contributed by atoms with E-state index in [0.717, 1.165) is 30.6 Å². The Balaban J connectivity index is 1.68. The van der Waals surface area contributed by atoms with Crippen LogP contribution in [0, 0.1) is 12.8 Å². The standard InChI is InChI=1S/C12H16N4O/c1-8-2-3-11-14-12(15-16(11)7-8)13-6-9-4-10(17)5-9/h2-3,7,9-10,17H,4-6H2,1H3,(H,13,15). The molecule has 2 N–H and O–H groups in total. The number of nitrogens with zero attached hydrogens (tertiary/aromatic N) is 3. The highest BCUT2D eigenvalue weighted by Crippen LogP contribution is 2.26. The molecular formula is C12H16N4O. The molecule has 5 heteroatoms. The highest BCUT2D eigenvalue weighted by atomic mass is 16.3. The maximum atomic E-state index is 9.20. The topological polar surface area (TPSA) is 62.5 Å². The van der Waals surface area contributed by atoms with Crippen LogP contribution in [0.1, 0.15) is 18.4 Å². The Labute approximate surface area is 99.5 Å². The first-order valence-electron chi connectivity index (χ1n) is 5.95. The van der Waals surface area contributed by atoms with Crippen molar-refractivity contribution in [3.05, 3.63) is 23.9 Å². The molecule has 0 amide bonds. The summed E-state index contributed by atoms with van der Waals surface area (Å²) in [7, 11) is 0. The molecular weight excluding hydrogens is 216 g/mol. The lowest BCUT2D eigenvalue weighted by atomic mass is 9.82. The molecule has 0 unspecified atom stereocenters. The Bertz CT molecular complexity index is 530. The van der Waals surface area contributed by atoms with E-state index in [2.05, 4.69) is 15.4 Å². The van der Waals surface area contributed by atoms with Crippen molar-refractivity contribution in [1.82, 2.24) is 14.6 Å². The second kappa shape index (κ2) is 4.00. The summed E-state index contributed by atoms with van der Waals surface area (Å²) in [4.78, 5) is 4.38. The van der Waals surface area contributed by atoms with Crippen molar-refractivity contribution in [2.45, 2.75) is 25.9 Å². The second-order valence-electron chi connectivity index (χ2n) is 4.82. The van der Waals surface area contributed by atoms with Gasteiger partial charge in [-0.25, -0.2) is 4.52 Å². The van der Waals surface area contributed by atoms with Crippen molar-refractivity contribution in [3.8, 4) is 0 Å². The number of aliphatic hydroxyl groups is 1. The van der Waals surface area contributed by atoms with Crippen LogP contribution in [-0.4, -0.2) is 32.4 Å². The maximum Gasteiger partial charge on any atom is 0.243 e. The van der Waals surface area contributed by atoms with E-state index in [9.17, 15) is 5.11 Å². The first-order chi connectivity index (χ1) is 8.20. The van der Waals surface area contributed by atoms with Crippen LogP contribution in [0.15, 0.2) is 18.3 Å². The quantitative estimate of drug-likeness (QED) is 0.835. The van der Waals surface area contributed by atoms with Gasteiger partial charge in [0.2, 0.25) is 5.95 Å². The normalized spacial score (nSPS) is 23.6. The molecule has 1 saturated carbocycles. The summed E-state index contributed by atoms with van der Waals surface area (Å²) in [5.74, 6) is 1.22. The average molecular weight is 232 g/mol. The van der Waals surface area contributed by atoms with Gasteiger partial charge >= 0.3 is 0 Å². The number of aryl methyl sites for hydroxylation is 1. The number of aromatic nitrogens is 3. The lowest BCUT2D eigenvalue weighted by Crippen LogP contribution is -2.33. The zero-order chi connectivity index (χ0) is 11.8. The lowest BCUT2D eigenvalue weighted by Gasteiger charge is -2.31. The number of fused-ring (bicyclic) bond motifs is 1. The van der Waals surface area contributed by atoms with Crippen molar-refractivity contribution in [2.24, 2.45) is 5.92 Å². The lowest BCUT2D eigenvalue weighted by molar-refractivity contribution is 0.0486. The first kappa shape index (κ1) is 10.5. The third-order valence-electron chi connectivity index (χ3n) is 3.24. The zero-order valence-corrected chi connectivity index (χ0v) is 9.80. The molecule has 0 spiro atoms. The first-order valence-corrected chi connectivity index (χ1v) is 5.95. The fraction of sp³-hybridized carbons (Fsp3) is 0.500. The molecule has 1 fully saturated rings. The summed E-state index contributed by atoms with van der Waals surface area (Å²) >= 11 is 0. The SMILES string of the molecule is Cc1ccc2nc(NCC3CC(O)C3)nn2c1. The number of aliphatic hydroxyl groups excluding tert-OH is 1. The molecule has 0 saturated heterocycles. The highest BCUT2D eigenvalue weighted by molar-refractivity contribution is 5.44. The number of nitrogens with one attached hydrogen (secondary N) is 1.